The number of non-ortho nitro benzene ring substituents is 1. The standard InChI is InChI=1S/C16H16N2O6.3ClH/c1-8-12(15(19)20)14(13(9(2)17-8)16(21)24-3)10-5-4-6-11(7-10)18(22)23;;;/h4-7,14,17H,1-3H3,(H,19,20);3*1H/p-1. The van der Waals surface area contributed by atoms with Crippen LogP contribution in [0.5, 0.6) is 0 Å². The van der Waals surface area contributed by atoms with Crippen LogP contribution >= 0.6 is 37.2 Å². The SMILES string of the molecule is COC(=O)C1=C(C)NC(C)=C(C(=O)[O-])C1c1cccc([N+](=O)[O-])c1.Cl.Cl.Cl. The van der Waals surface area contributed by atoms with Gasteiger partial charge in [-0.3, -0.25) is 10.1 Å². The van der Waals surface area contributed by atoms with Crippen LogP contribution in [0.15, 0.2) is 46.8 Å². The monoisotopic (exact) mass is 439 g/mol. The number of methoxy groups -OCH3 is 1. The van der Waals surface area contributed by atoms with Crippen molar-refractivity contribution in [2.24, 2.45) is 0 Å². The number of nitrogens with zero attached hydrogens (tertiary/aromatic N) is 1. The molecule has 1 atom stereocenters. The Morgan fingerprint density at radius 2 is 1.67 bits per heavy atom. The van der Waals surface area contributed by atoms with Gasteiger partial charge in [0.2, 0.25) is 0 Å². The Bertz CT molecular complexity index is 807. The van der Waals surface area contributed by atoms with E-state index in [9.17, 15) is 24.8 Å². The summed E-state index contributed by atoms with van der Waals surface area (Å²) in [4.78, 5) is 34.2. The Hall–Kier alpha value is -2.29. The average molecular weight is 441 g/mol. The predicted octanol–water partition coefficient (Wildman–Crippen LogP) is 2.02. The Kier molecular flexibility index (Phi) is 10.7. The number of carbonyl (C=O) groups is 2. The molecule has 1 aliphatic heterocycles. The van der Waals surface area contributed by atoms with Crippen molar-refractivity contribution in [3.8, 4) is 0 Å². The second-order valence-electron chi connectivity index (χ2n) is 5.27. The van der Waals surface area contributed by atoms with E-state index in [1.165, 1.54) is 38.3 Å². The number of halogens is 3. The van der Waals surface area contributed by atoms with Gasteiger partial charge in [0.05, 0.1) is 23.6 Å². The highest BCUT2D eigenvalue weighted by Gasteiger charge is 2.34. The normalized spacial score (nSPS) is 15.4. The number of hydrogen-bond acceptors (Lipinski definition) is 7. The van der Waals surface area contributed by atoms with Gasteiger partial charge in [-0.05, 0) is 19.4 Å². The minimum Gasteiger partial charge on any atom is -0.545 e. The van der Waals surface area contributed by atoms with Gasteiger partial charge in [0.1, 0.15) is 0 Å². The zero-order valence-corrected chi connectivity index (χ0v) is 17.0. The summed E-state index contributed by atoms with van der Waals surface area (Å²) in [6.07, 6.45) is 0. The molecule has 1 unspecified atom stereocenters. The van der Waals surface area contributed by atoms with Crippen molar-refractivity contribution in [2.45, 2.75) is 19.8 Å². The largest absolute Gasteiger partial charge is 0.545 e. The van der Waals surface area contributed by atoms with E-state index in [1.54, 1.807) is 6.92 Å². The van der Waals surface area contributed by atoms with Gasteiger partial charge < -0.3 is 20.0 Å². The highest BCUT2D eigenvalue weighted by atomic mass is 35.5. The molecule has 1 aromatic rings. The Morgan fingerprint density at radius 1 is 1.11 bits per heavy atom. The summed E-state index contributed by atoms with van der Waals surface area (Å²) in [7, 11) is 1.18. The van der Waals surface area contributed by atoms with E-state index in [0.29, 0.717) is 17.0 Å². The molecule has 11 heteroatoms. The zero-order chi connectivity index (χ0) is 18.0. The molecule has 1 N–H and O–H groups in total. The van der Waals surface area contributed by atoms with Gasteiger partial charge in [-0.15, -0.1) is 37.2 Å². The van der Waals surface area contributed by atoms with Crippen molar-refractivity contribution in [2.75, 3.05) is 7.11 Å². The topological polar surface area (TPSA) is 122 Å². The molecule has 0 bridgehead atoms. The first-order valence-electron chi connectivity index (χ1n) is 7.00. The number of nitrogens with one attached hydrogen (secondary N) is 1. The summed E-state index contributed by atoms with van der Waals surface area (Å²) in [5.74, 6) is -3.21. The summed E-state index contributed by atoms with van der Waals surface area (Å²) < 4.78 is 4.75. The summed E-state index contributed by atoms with van der Waals surface area (Å²) in [6, 6.07) is 5.48. The van der Waals surface area contributed by atoms with E-state index in [0.717, 1.165) is 0 Å². The third-order valence-electron chi connectivity index (χ3n) is 3.80. The number of hydrogen-bond donors (Lipinski definition) is 1. The highest BCUT2D eigenvalue weighted by molar-refractivity contribution is 5.98. The second-order valence-corrected chi connectivity index (χ2v) is 5.27. The molecule has 0 saturated heterocycles. The van der Waals surface area contributed by atoms with E-state index in [1.807, 2.05) is 0 Å². The average Bonchev–Trinajstić information content (AvgIpc) is 2.53. The van der Waals surface area contributed by atoms with Gasteiger partial charge in [0.25, 0.3) is 5.69 Å². The first kappa shape index (κ1) is 26.9. The molecule has 1 aliphatic rings. The van der Waals surface area contributed by atoms with Crippen molar-refractivity contribution >= 4 is 54.8 Å². The van der Waals surface area contributed by atoms with Crippen molar-refractivity contribution in [3.05, 3.63) is 62.5 Å². The van der Waals surface area contributed by atoms with Gasteiger partial charge in [0.15, 0.2) is 0 Å². The molecule has 0 amide bonds. The smallest absolute Gasteiger partial charge is 0.336 e. The minimum atomic E-state index is -1.47. The first-order chi connectivity index (χ1) is 11.3. The Balaban J connectivity index is 0. The molecular weight excluding hydrogens is 423 g/mol. The summed E-state index contributed by atoms with van der Waals surface area (Å²) in [5, 5.41) is 25.4. The molecule has 2 rings (SSSR count). The van der Waals surface area contributed by atoms with Crippen molar-refractivity contribution in [1.29, 1.82) is 0 Å². The molecule has 1 aromatic carbocycles. The molecule has 0 aromatic heterocycles. The summed E-state index contributed by atoms with van der Waals surface area (Å²) >= 11 is 0. The predicted molar refractivity (Wildman–Crippen MR) is 103 cm³/mol. The molecule has 0 radical (unpaired) electrons. The molecule has 0 fully saturated rings. The van der Waals surface area contributed by atoms with Gasteiger partial charge in [-0.25, -0.2) is 4.79 Å². The fraction of sp³-hybridized carbons (Fsp3) is 0.250. The van der Waals surface area contributed by atoms with E-state index in [-0.39, 0.29) is 54.1 Å². The minimum absolute atomic E-state index is 0. The van der Waals surface area contributed by atoms with Gasteiger partial charge >= 0.3 is 5.97 Å². The van der Waals surface area contributed by atoms with Crippen molar-refractivity contribution in [3.63, 3.8) is 0 Å². The van der Waals surface area contributed by atoms with E-state index in [4.69, 9.17) is 4.74 Å². The number of ether oxygens (including phenoxy) is 1. The lowest BCUT2D eigenvalue weighted by Gasteiger charge is -2.31. The fourth-order valence-electron chi connectivity index (χ4n) is 2.80. The number of benzene rings is 1. The molecule has 27 heavy (non-hydrogen) atoms. The lowest BCUT2D eigenvalue weighted by molar-refractivity contribution is -0.384. The van der Waals surface area contributed by atoms with Crippen LogP contribution in [-0.2, 0) is 14.3 Å². The third-order valence-corrected chi connectivity index (χ3v) is 3.80. The highest BCUT2D eigenvalue weighted by Crippen LogP contribution is 2.39. The van der Waals surface area contributed by atoms with Crippen LogP contribution in [0.3, 0.4) is 0 Å². The van der Waals surface area contributed by atoms with Crippen LogP contribution in [0.1, 0.15) is 25.3 Å². The van der Waals surface area contributed by atoms with Crippen LogP contribution in [0.25, 0.3) is 0 Å². The van der Waals surface area contributed by atoms with Crippen LogP contribution in [0.2, 0.25) is 0 Å². The third kappa shape index (κ3) is 5.35. The maximum atomic E-state index is 12.2. The maximum absolute atomic E-state index is 12.2. The van der Waals surface area contributed by atoms with Gasteiger partial charge in [-0.2, -0.15) is 0 Å². The number of allylic oxidation sites excluding steroid dienone is 2. The Morgan fingerprint density at radius 3 is 2.15 bits per heavy atom. The number of aliphatic carboxylic acids is 1. The van der Waals surface area contributed by atoms with Gasteiger partial charge in [0, 0.05) is 35.0 Å². The number of carboxylic acids is 1. The number of nitro benzene ring substituents is 1. The van der Waals surface area contributed by atoms with E-state index >= 15 is 0 Å². The summed E-state index contributed by atoms with van der Waals surface area (Å²) in [6.45, 7) is 3.14. The number of carbonyl (C=O) groups excluding carboxylic acids is 2. The maximum Gasteiger partial charge on any atom is 0.336 e. The molecule has 0 saturated carbocycles. The number of esters is 1. The summed E-state index contributed by atoms with van der Waals surface area (Å²) in [5.41, 5.74) is 0.717. The molecule has 0 spiro atoms. The van der Waals surface area contributed by atoms with E-state index < -0.39 is 22.8 Å². The molecule has 1 heterocycles. The Labute approximate surface area is 174 Å². The van der Waals surface area contributed by atoms with Crippen molar-refractivity contribution < 1.29 is 24.4 Å². The molecular formula is C16H18Cl3N2O6-. The van der Waals surface area contributed by atoms with Crippen LogP contribution < -0.4 is 10.4 Å². The van der Waals surface area contributed by atoms with Gasteiger partial charge in [-0.1, -0.05) is 12.1 Å². The molecule has 8 nitrogen and oxygen atoms in total. The lowest BCUT2D eigenvalue weighted by atomic mass is 9.80. The number of rotatable bonds is 4. The first-order valence-corrected chi connectivity index (χ1v) is 7.00. The second kappa shape index (κ2) is 10.8. The fourth-order valence-corrected chi connectivity index (χ4v) is 2.80. The number of dihydropyridines is 1. The van der Waals surface area contributed by atoms with E-state index in [2.05, 4.69) is 5.32 Å². The zero-order valence-electron chi connectivity index (χ0n) is 14.5. The van der Waals surface area contributed by atoms with Crippen molar-refractivity contribution in [1.82, 2.24) is 5.32 Å². The molecule has 150 valence electrons. The molecule has 0 aliphatic carbocycles. The van der Waals surface area contributed by atoms with Crippen LogP contribution in [0, 0.1) is 10.1 Å². The lowest BCUT2D eigenvalue weighted by Crippen LogP contribution is -2.37. The number of carboxylic acid groups (broad SMARTS) is 1. The van der Waals surface area contributed by atoms with Crippen LogP contribution in [0.4, 0.5) is 5.69 Å². The quantitative estimate of drug-likeness (QED) is 0.432. The van der Waals surface area contributed by atoms with Crippen LogP contribution in [-0.4, -0.2) is 24.0 Å². The number of nitro groups is 1.